The van der Waals surface area contributed by atoms with Gasteiger partial charge in [-0.25, -0.2) is 4.98 Å². The summed E-state index contributed by atoms with van der Waals surface area (Å²) in [6.45, 7) is 11.4. The SMILES string of the molecule is CC1CN(c2ccc(C#N)c(N3CC(C)OC(C)C3)n2)CC(C)O1. The van der Waals surface area contributed by atoms with Gasteiger partial charge in [0, 0.05) is 26.2 Å². The number of hydrogen-bond acceptors (Lipinski definition) is 6. The van der Waals surface area contributed by atoms with E-state index in [-0.39, 0.29) is 24.4 Å². The van der Waals surface area contributed by atoms with E-state index in [1.54, 1.807) is 0 Å². The molecule has 1 aromatic rings. The lowest BCUT2D eigenvalue weighted by Gasteiger charge is -2.38. The van der Waals surface area contributed by atoms with Crippen molar-refractivity contribution in [2.24, 2.45) is 0 Å². The molecule has 6 heteroatoms. The van der Waals surface area contributed by atoms with Crippen LogP contribution in [-0.2, 0) is 9.47 Å². The molecule has 0 N–H and O–H groups in total. The Bertz CT molecular complexity index is 610. The monoisotopic (exact) mass is 330 g/mol. The zero-order valence-electron chi connectivity index (χ0n) is 14.9. The molecule has 0 spiro atoms. The van der Waals surface area contributed by atoms with Gasteiger partial charge in [0.25, 0.3) is 0 Å². The Labute approximate surface area is 144 Å². The van der Waals surface area contributed by atoms with Crippen LogP contribution in [0.4, 0.5) is 11.6 Å². The van der Waals surface area contributed by atoms with Gasteiger partial charge in [0.15, 0.2) is 0 Å². The van der Waals surface area contributed by atoms with Gasteiger partial charge in [0.1, 0.15) is 17.7 Å². The quantitative estimate of drug-likeness (QED) is 0.828. The molecule has 2 fully saturated rings. The molecule has 0 aliphatic carbocycles. The Morgan fingerprint density at radius 3 is 1.92 bits per heavy atom. The van der Waals surface area contributed by atoms with Crippen LogP contribution in [0.2, 0.25) is 0 Å². The topological polar surface area (TPSA) is 61.6 Å². The van der Waals surface area contributed by atoms with Gasteiger partial charge in [-0.15, -0.1) is 0 Å². The molecule has 1 aromatic heterocycles. The Morgan fingerprint density at radius 2 is 1.42 bits per heavy atom. The average Bonchev–Trinajstić information content (AvgIpc) is 2.52. The zero-order valence-corrected chi connectivity index (χ0v) is 14.9. The van der Waals surface area contributed by atoms with Gasteiger partial charge in [-0.1, -0.05) is 0 Å². The summed E-state index contributed by atoms with van der Waals surface area (Å²) in [6.07, 6.45) is 0.625. The molecule has 4 atom stereocenters. The van der Waals surface area contributed by atoms with Crippen LogP contribution in [0.15, 0.2) is 12.1 Å². The molecule has 24 heavy (non-hydrogen) atoms. The van der Waals surface area contributed by atoms with Crippen molar-refractivity contribution in [1.29, 1.82) is 5.26 Å². The number of nitriles is 1. The second kappa shape index (κ2) is 6.96. The highest BCUT2D eigenvalue weighted by molar-refractivity contribution is 5.59. The van der Waals surface area contributed by atoms with E-state index in [1.807, 2.05) is 12.1 Å². The molecule has 0 amide bonds. The van der Waals surface area contributed by atoms with Crippen LogP contribution in [-0.4, -0.2) is 55.6 Å². The van der Waals surface area contributed by atoms with E-state index in [0.29, 0.717) is 5.56 Å². The maximum absolute atomic E-state index is 9.48. The molecule has 2 aliphatic heterocycles. The maximum Gasteiger partial charge on any atom is 0.149 e. The summed E-state index contributed by atoms with van der Waals surface area (Å²) in [7, 11) is 0. The first-order chi connectivity index (χ1) is 11.5. The second-order valence-electron chi connectivity index (χ2n) is 6.98. The first-order valence-corrected chi connectivity index (χ1v) is 8.68. The van der Waals surface area contributed by atoms with E-state index >= 15 is 0 Å². The molecule has 2 aliphatic rings. The summed E-state index contributed by atoms with van der Waals surface area (Å²) in [5.41, 5.74) is 0.620. The highest BCUT2D eigenvalue weighted by Crippen LogP contribution is 2.27. The molecule has 0 bridgehead atoms. The van der Waals surface area contributed by atoms with Crippen LogP contribution < -0.4 is 9.80 Å². The normalized spacial score (nSPS) is 31.0. The third-order valence-corrected chi connectivity index (χ3v) is 4.44. The molecule has 4 unspecified atom stereocenters. The third kappa shape index (κ3) is 3.63. The van der Waals surface area contributed by atoms with E-state index in [9.17, 15) is 5.26 Å². The lowest BCUT2D eigenvalue weighted by Crippen LogP contribution is -2.47. The van der Waals surface area contributed by atoms with Crippen LogP contribution >= 0.6 is 0 Å². The average molecular weight is 330 g/mol. The van der Waals surface area contributed by atoms with Crippen LogP contribution in [0.5, 0.6) is 0 Å². The van der Waals surface area contributed by atoms with Gasteiger partial charge in [-0.05, 0) is 39.8 Å². The number of pyridine rings is 1. The lowest BCUT2D eigenvalue weighted by molar-refractivity contribution is -0.00582. The summed E-state index contributed by atoms with van der Waals surface area (Å²) < 4.78 is 11.6. The van der Waals surface area contributed by atoms with Crippen molar-refractivity contribution in [2.45, 2.75) is 52.1 Å². The number of aromatic nitrogens is 1. The van der Waals surface area contributed by atoms with Crippen LogP contribution in [0.1, 0.15) is 33.3 Å². The number of rotatable bonds is 2. The second-order valence-corrected chi connectivity index (χ2v) is 6.98. The van der Waals surface area contributed by atoms with Gasteiger partial charge < -0.3 is 19.3 Å². The Morgan fingerprint density at radius 1 is 0.917 bits per heavy atom. The van der Waals surface area contributed by atoms with E-state index in [2.05, 4.69) is 43.6 Å². The lowest BCUT2D eigenvalue weighted by atomic mass is 10.2. The predicted molar refractivity (Wildman–Crippen MR) is 93.4 cm³/mol. The highest BCUT2D eigenvalue weighted by atomic mass is 16.5. The Kier molecular flexibility index (Phi) is 4.93. The smallest absolute Gasteiger partial charge is 0.149 e. The summed E-state index contributed by atoms with van der Waals surface area (Å²) in [4.78, 5) is 9.27. The first kappa shape index (κ1) is 17.0. The zero-order chi connectivity index (χ0) is 17.3. The Balaban J connectivity index is 1.89. The first-order valence-electron chi connectivity index (χ1n) is 8.68. The minimum absolute atomic E-state index is 0.134. The minimum Gasteiger partial charge on any atom is -0.372 e. The van der Waals surface area contributed by atoms with Gasteiger partial charge in [0.2, 0.25) is 0 Å². The number of ether oxygens (including phenoxy) is 2. The molecule has 3 rings (SSSR count). The number of hydrogen-bond donors (Lipinski definition) is 0. The fourth-order valence-corrected chi connectivity index (χ4v) is 3.66. The molecule has 6 nitrogen and oxygen atoms in total. The standard InChI is InChI=1S/C18H26N4O2/c1-12-8-21(9-13(2)23-12)17-6-5-16(7-19)18(20-17)22-10-14(3)24-15(4)11-22/h5-6,12-15H,8-11H2,1-4H3. The van der Waals surface area contributed by atoms with Crippen LogP contribution in [0.3, 0.4) is 0 Å². The minimum atomic E-state index is 0.134. The third-order valence-electron chi connectivity index (χ3n) is 4.44. The van der Waals surface area contributed by atoms with Crippen molar-refractivity contribution < 1.29 is 9.47 Å². The maximum atomic E-state index is 9.48. The summed E-state index contributed by atoms with van der Waals surface area (Å²) in [5, 5.41) is 9.48. The van der Waals surface area contributed by atoms with E-state index < -0.39 is 0 Å². The number of nitrogens with zero attached hydrogens (tertiary/aromatic N) is 4. The van der Waals surface area contributed by atoms with Crippen molar-refractivity contribution in [1.82, 2.24) is 4.98 Å². The summed E-state index contributed by atoms with van der Waals surface area (Å²) in [5.74, 6) is 1.68. The molecule has 0 aromatic carbocycles. The van der Waals surface area contributed by atoms with Crippen molar-refractivity contribution in [3.63, 3.8) is 0 Å². The van der Waals surface area contributed by atoms with Crippen molar-refractivity contribution in [3.8, 4) is 6.07 Å². The predicted octanol–water partition coefficient (Wildman–Crippen LogP) is 2.18. The molecular weight excluding hydrogens is 304 g/mol. The van der Waals surface area contributed by atoms with E-state index in [0.717, 1.165) is 37.8 Å². The van der Waals surface area contributed by atoms with Crippen LogP contribution in [0.25, 0.3) is 0 Å². The molecule has 130 valence electrons. The summed E-state index contributed by atoms with van der Waals surface area (Å²) in [6, 6.07) is 6.11. The number of morpholine rings is 2. The largest absolute Gasteiger partial charge is 0.372 e. The van der Waals surface area contributed by atoms with Crippen molar-refractivity contribution in [3.05, 3.63) is 17.7 Å². The highest BCUT2D eigenvalue weighted by Gasteiger charge is 2.27. The van der Waals surface area contributed by atoms with Crippen molar-refractivity contribution >= 4 is 11.6 Å². The van der Waals surface area contributed by atoms with E-state index in [4.69, 9.17) is 14.5 Å². The summed E-state index contributed by atoms with van der Waals surface area (Å²) >= 11 is 0. The van der Waals surface area contributed by atoms with Gasteiger partial charge >= 0.3 is 0 Å². The number of anilines is 2. The van der Waals surface area contributed by atoms with Gasteiger partial charge in [0.05, 0.1) is 30.0 Å². The fourth-order valence-electron chi connectivity index (χ4n) is 3.66. The van der Waals surface area contributed by atoms with Crippen molar-refractivity contribution in [2.75, 3.05) is 36.0 Å². The van der Waals surface area contributed by atoms with E-state index in [1.165, 1.54) is 0 Å². The molecular formula is C18H26N4O2. The van der Waals surface area contributed by atoms with Gasteiger partial charge in [-0.2, -0.15) is 5.26 Å². The Hall–Kier alpha value is -1.84. The molecule has 0 saturated carbocycles. The van der Waals surface area contributed by atoms with Crippen LogP contribution in [0, 0.1) is 11.3 Å². The molecule has 2 saturated heterocycles. The fraction of sp³-hybridized carbons (Fsp3) is 0.667. The molecule has 0 radical (unpaired) electrons. The van der Waals surface area contributed by atoms with Gasteiger partial charge in [-0.3, -0.25) is 0 Å². The molecule has 3 heterocycles.